The maximum absolute atomic E-state index is 11.0. The van der Waals surface area contributed by atoms with Crippen LogP contribution in [-0.4, -0.2) is 55.4 Å². The number of nitrogens with two attached hydrogens (primary N) is 1. The predicted molar refractivity (Wildman–Crippen MR) is 46.9 cm³/mol. The van der Waals surface area contributed by atoms with Gasteiger partial charge in [-0.3, -0.25) is 0 Å². The van der Waals surface area contributed by atoms with Crippen LogP contribution in [-0.2, 0) is 9.84 Å². The normalized spacial score (nSPS) is 26.9. The summed E-state index contributed by atoms with van der Waals surface area (Å²) in [4.78, 5) is 0. The molecule has 2 unspecified atom stereocenters. The molecule has 5 nitrogen and oxygen atoms in total. The van der Waals surface area contributed by atoms with Crippen molar-refractivity contribution in [2.45, 2.75) is 18.6 Å². The fourth-order valence-corrected chi connectivity index (χ4v) is 3.22. The summed E-state index contributed by atoms with van der Waals surface area (Å²) in [5.41, 5.74) is 0. The Morgan fingerprint density at radius 2 is 2.14 bits per heavy atom. The first-order valence-electron chi connectivity index (χ1n) is 4.36. The van der Waals surface area contributed by atoms with Gasteiger partial charge in [-0.15, -0.1) is 0 Å². The molecule has 0 radical (unpaired) electrons. The van der Waals surface area contributed by atoms with Crippen molar-refractivity contribution < 1.29 is 36.4 Å². The summed E-state index contributed by atoms with van der Waals surface area (Å²) in [7, 11) is -2.83. The molecule has 1 rings (SSSR count). The van der Waals surface area contributed by atoms with E-state index in [1.807, 2.05) is 0 Å². The minimum Gasteiger partial charge on any atom is -1.00 e. The molecule has 4 N–H and O–H groups in total. The van der Waals surface area contributed by atoms with Crippen LogP contribution in [0.4, 0.5) is 0 Å². The standard InChI is InChI=1S/C7H15NO4S.ClH/c9-4-7(10)3-8-6-1-2-13(11,12)5-6;/h6-10H,1-5H2;1H. The number of aliphatic hydroxyl groups excluding tert-OH is 2. The van der Waals surface area contributed by atoms with Gasteiger partial charge in [0.2, 0.25) is 0 Å². The van der Waals surface area contributed by atoms with E-state index in [4.69, 9.17) is 10.2 Å². The van der Waals surface area contributed by atoms with Crippen molar-refractivity contribution in [3.05, 3.63) is 0 Å². The summed E-state index contributed by atoms with van der Waals surface area (Å²) in [5.74, 6) is 0.453. The zero-order chi connectivity index (χ0) is 9.90. The van der Waals surface area contributed by atoms with Crippen LogP contribution in [0.1, 0.15) is 6.42 Å². The molecule has 0 amide bonds. The zero-order valence-electron chi connectivity index (χ0n) is 7.76. The molecule has 0 aromatic carbocycles. The van der Waals surface area contributed by atoms with Crippen LogP contribution in [0, 0.1) is 0 Å². The molecule has 0 aromatic rings. The molecule has 86 valence electrons. The van der Waals surface area contributed by atoms with Gasteiger partial charge in [-0.05, 0) is 0 Å². The van der Waals surface area contributed by atoms with Crippen molar-refractivity contribution in [3.63, 3.8) is 0 Å². The summed E-state index contributed by atoms with van der Waals surface area (Å²) < 4.78 is 22.0. The number of sulfone groups is 1. The molecule has 2 atom stereocenters. The van der Waals surface area contributed by atoms with Gasteiger partial charge in [-0.25, -0.2) is 8.42 Å². The molecule has 1 fully saturated rings. The Hall–Kier alpha value is 0.120. The number of aliphatic hydroxyl groups is 2. The second-order valence-corrected chi connectivity index (χ2v) is 5.70. The van der Waals surface area contributed by atoms with Gasteiger partial charge in [-0.1, -0.05) is 0 Å². The quantitative estimate of drug-likeness (QED) is 0.460. The maximum atomic E-state index is 11.0. The maximum Gasteiger partial charge on any atom is 0.156 e. The van der Waals surface area contributed by atoms with Crippen molar-refractivity contribution in [1.29, 1.82) is 0 Å². The molecular weight excluding hydrogens is 230 g/mol. The summed E-state index contributed by atoms with van der Waals surface area (Å²) in [5, 5.41) is 19.3. The third-order valence-electron chi connectivity index (χ3n) is 2.22. The number of halogens is 1. The lowest BCUT2D eigenvalue weighted by molar-refractivity contribution is -0.690. The molecule has 7 heteroatoms. The first-order chi connectivity index (χ1) is 6.03. The van der Waals surface area contributed by atoms with Gasteiger partial charge in [0.25, 0.3) is 0 Å². The van der Waals surface area contributed by atoms with Crippen LogP contribution in [0.15, 0.2) is 0 Å². The average molecular weight is 246 g/mol. The van der Waals surface area contributed by atoms with Crippen LogP contribution in [0.2, 0.25) is 0 Å². The molecule has 0 saturated carbocycles. The number of rotatable bonds is 4. The van der Waals surface area contributed by atoms with E-state index in [0.717, 1.165) is 0 Å². The zero-order valence-corrected chi connectivity index (χ0v) is 9.34. The molecule has 0 spiro atoms. The molecular formula is C7H16ClNO4S. The van der Waals surface area contributed by atoms with Gasteiger partial charge in [0.05, 0.1) is 12.4 Å². The van der Waals surface area contributed by atoms with Crippen LogP contribution in [0.25, 0.3) is 0 Å². The van der Waals surface area contributed by atoms with E-state index in [9.17, 15) is 8.42 Å². The van der Waals surface area contributed by atoms with Crippen LogP contribution < -0.4 is 17.7 Å². The van der Waals surface area contributed by atoms with Crippen molar-refractivity contribution in [3.8, 4) is 0 Å². The second kappa shape index (κ2) is 5.87. The highest BCUT2D eigenvalue weighted by Gasteiger charge is 2.30. The van der Waals surface area contributed by atoms with Gasteiger partial charge in [-0.2, -0.15) is 0 Å². The third-order valence-corrected chi connectivity index (χ3v) is 4.01. The van der Waals surface area contributed by atoms with E-state index >= 15 is 0 Å². The summed E-state index contributed by atoms with van der Waals surface area (Å²) >= 11 is 0. The van der Waals surface area contributed by atoms with Crippen molar-refractivity contribution in [2.75, 3.05) is 24.7 Å². The first-order valence-corrected chi connectivity index (χ1v) is 6.18. The van der Waals surface area contributed by atoms with E-state index < -0.39 is 15.9 Å². The van der Waals surface area contributed by atoms with Crippen molar-refractivity contribution in [2.24, 2.45) is 0 Å². The monoisotopic (exact) mass is 245 g/mol. The fourth-order valence-electron chi connectivity index (χ4n) is 1.43. The Bertz CT molecular complexity index is 256. The van der Waals surface area contributed by atoms with E-state index in [2.05, 4.69) is 0 Å². The minimum absolute atomic E-state index is 0. The first kappa shape index (κ1) is 14.1. The lowest BCUT2D eigenvalue weighted by atomic mass is 10.2. The lowest BCUT2D eigenvalue weighted by Gasteiger charge is -2.09. The molecule has 1 aliphatic heterocycles. The van der Waals surface area contributed by atoms with Crippen LogP contribution >= 0.6 is 0 Å². The Kier molecular flexibility index (Phi) is 5.92. The highest BCUT2D eigenvalue weighted by Crippen LogP contribution is 2.07. The van der Waals surface area contributed by atoms with E-state index in [1.54, 1.807) is 5.32 Å². The highest BCUT2D eigenvalue weighted by atomic mass is 35.5. The number of hydrogen-bond donors (Lipinski definition) is 3. The second-order valence-electron chi connectivity index (χ2n) is 3.47. The molecule has 0 bridgehead atoms. The predicted octanol–water partition coefficient (Wildman–Crippen LogP) is -5.91. The van der Waals surface area contributed by atoms with E-state index in [1.165, 1.54) is 0 Å². The van der Waals surface area contributed by atoms with Crippen molar-refractivity contribution >= 4 is 9.84 Å². The fraction of sp³-hybridized carbons (Fsp3) is 1.00. The average Bonchev–Trinajstić information content (AvgIpc) is 2.41. The summed E-state index contributed by atoms with van der Waals surface area (Å²) in [6, 6.07) is 0.0613. The minimum atomic E-state index is -2.83. The Balaban J connectivity index is 0.00000169. The number of hydrogen-bond acceptors (Lipinski definition) is 4. The van der Waals surface area contributed by atoms with Gasteiger partial charge in [0, 0.05) is 6.42 Å². The molecule has 1 aliphatic rings. The van der Waals surface area contributed by atoms with Gasteiger partial charge in [0.1, 0.15) is 24.4 Å². The summed E-state index contributed by atoms with van der Waals surface area (Å²) in [6.45, 7) is 0.104. The number of quaternary nitrogens is 1. The van der Waals surface area contributed by atoms with Gasteiger partial charge < -0.3 is 27.9 Å². The van der Waals surface area contributed by atoms with Gasteiger partial charge in [0.15, 0.2) is 9.84 Å². The molecule has 1 heterocycles. The highest BCUT2D eigenvalue weighted by molar-refractivity contribution is 7.91. The van der Waals surface area contributed by atoms with Crippen LogP contribution in [0.5, 0.6) is 0 Å². The van der Waals surface area contributed by atoms with Gasteiger partial charge >= 0.3 is 0 Å². The van der Waals surface area contributed by atoms with E-state index in [0.29, 0.717) is 13.0 Å². The smallest absolute Gasteiger partial charge is 0.156 e. The lowest BCUT2D eigenvalue weighted by Crippen LogP contribution is -3.00. The van der Waals surface area contributed by atoms with E-state index in [-0.39, 0.29) is 36.6 Å². The Labute approximate surface area is 89.8 Å². The third kappa shape index (κ3) is 4.56. The summed E-state index contributed by atoms with van der Waals surface area (Å²) in [6.07, 6.45) is -0.0937. The molecule has 0 aliphatic carbocycles. The molecule has 14 heavy (non-hydrogen) atoms. The largest absolute Gasteiger partial charge is 1.00 e. The SMILES string of the molecule is O=S1(=O)CCC([NH2+]CC(O)CO)C1.[Cl-]. The van der Waals surface area contributed by atoms with Crippen LogP contribution in [0.3, 0.4) is 0 Å². The topological polar surface area (TPSA) is 91.2 Å². The molecule has 0 aromatic heterocycles. The Morgan fingerprint density at radius 3 is 2.57 bits per heavy atom. The van der Waals surface area contributed by atoms with Crippen molar-refractivity contribution in [1.82, 2.24) is 0 Å². The molecule has 1 saturated heterocycles. The Morgan fingerprint density at radius 1 is 1.50 bits per heavy atom.